The second kappa shape index (κ2) is 12.0. The summed E-state index contributed by atoms with van der Waals surface area (Å²) in [5.74, 6) is -3.56. The summed E-state index contributed by atoms with van der Waals surface area (Å²) in [6.07, 6.45) is -3.16. The van der Waals surface area contributed by atoms with Crippen LogP contribution in [0.2, 0.25) is 0 Å². The van der Waals surface area contributed by atoms with E-state index in [0.29, 0.717) is 16.7 Å². The molecule has 0 unspecified atom stereocenters. The molecule has 3 aromatic rings. The predicted octanol–water partition coefficient (Wildman–Crippen LogP) is 5.38. The van der Waals surface area contributed by atoms with Crippen LogP contribution in [0.4, 0.5) is 28.9 Å². The fourth-order valence-corrected chi connectivity index (χ4v) is 4.01. The molecular formula is C27H27F4N3O4. The number of nitrogens with one attached hydrogen (secondary N) is 1. The third-order valence-corrected chi connectivity index (χ3v) is 5.93. The van der Waals surface area contributed by atoms with Gasteiger partial charge >= 0.3 is 12.1 Å². The van der Waals surface area contributed by atoms with Crippen LogP contribution in [0.25, 0.3) is 22.3 Å². The van der Waals surface area contributed by atoms with Crippen LogP contribution in [-0.2, 0) is 9.59 Å². The number of hydrogen-bond acceptors (Lipinski definition) is 5. The Kier molecular flexibility index (Phi) is 8.95. The van der Waals surface area contributed by atoms with Gasteiger partial charge in [-0.05, 0) is 48.2 Å². The minimum Gasteiger partial charge on any atom is -0.507 e. The Balaban J connectivity index is 0.000000505. The first-order chi connectivity index (χ1) is 17.9. The monoisotopic (exact) mass is 533 g/mol. The van der Waals surface area contributed by atoms with Crippen LogP contribution in [0.3, 0.4) is 0 Å². The summed E-state index contributed by atoms with van der Waals surface area (Å²) < 4.78 is 46.2. The molecule has 4 rings (SSSR count). The number of aliphatic carboxylic acids is 1. The van der Waals surface area contributed by atoms with Crippen molar-refractivity contribution in [2.45, 2.75) is 32.0 Å². The SMILES string of the molecule is CC(=O)Nc1ccc(-c2cccc(-c3cccc(N4CCC(N)CC4)c3)c2O)cc1F.O=C(O)C(F)(F)F. The fraction of sp³-hybridized carbons (Fsp3) is 0.259. The third-order valence-electron chi connectivity index (χ3n) is 5.93. The minimum atomic E-state index is -5.08. The number of para-hydroxylation sites is 1. The van der Waals surface area contributed by atoms with Gasteiger partial charge in [0.05, 0.1) is 5.69 Å². The molecule has 7 nitrogen and oxygen atoms in total. The van der Waals surface area contributed by atoms with Gasteiger partial charge in [-0.1, -0.05) is 36.4 Å². The smallest absolute Gasteiger partial charge is 0.490 e. The number of nitrogens with zero attached hydrogens (tertiary/aromatic N) is 1. The van der Waals surface area contributed by atoms with Crippen LogP contribution in [0.15, 0.2) is 60.7 Å². The predicted molar refractivity (Wildman–Crippen MR) is 136 cm³/mol. The van der Waals surface area contributed by atoms with Gasteiger partial charge < -0.3 is 26.2 Å². The van der Waals surface area contributed by atoms with E-state index in [-0.39, 0.29) is 23.4 Å². The maximum atomic E-state index is 14.4. The molecule has 3 aromatic carbocycles. The number of carbonyl (C=O) groups excluding carboxylic acids is 1. The van der Waals surface area contributed by atoms with E-state index in [1.807, 2.05) is 24.3 Å². The normalized spacial score (nSPS) is 13.9. The molecule has 1 fully saturated rings. The Morgan fingerprint density at radius 1 is 0.974 bits per heavy atom. The Morgan fingerprint density at radius 3 is 2.05 bits per heavy atom. The number of aromatic hydroxyl groups is 1. The van der Waals surface area contributed by atoms with E-state index in [2.05, 4.69) is 22.3 Å². The molecule has 1 heterocycles. The summed E-state index contributed by atoms with van der Waals surface area (Å²) in [6, 6.07) is 18.3. The number of carboxylic acids is 1. The van der Waals surface area contributed by atoms with Gasteiger partial charge in [0.2, 0.25) is 5.91 Å². The summed E-state index contributed by atoms with van der Waals surface area (Å²) in [5, 5.41) is 20.6. The zero-order valence-electron chi connectivity index (χ0n) is 20.4. The second-order valence-electron chi connectivity index (χ2n) is 8.76. The van der Waals surface area contributed by atoms with Gasteiger partial charge in [0.15, 0.2) is 0 Å². The molecule has 202 valence electrons. The average Bonchev–Trinajstić information content (AvgIpc) is 2.85. The molecule has 1 aliphatic rings. The highest BCUT2D eigenvalue weighted by molar-refractivity contribution is 5.90. The van der Waals surface area contributed by atoms with E-state index in [0.717, 1.165) is 37.2 Å². The molecule has 11 heteroatoms. The van der Waals surface area contributed by atoms with Gasteiger partial charge in [-0.15, -0.1) is 0 Å². The zero-order valence-corrected chi connectivity index (χ0v) is 20.4. The van der Waals surface area contributed by atoms with Crippen molar-refractivity contribution in [3.8, 4) is 28.0 Å². The molecular weight excluding hydrogens is 506 g/mol. The van der Waals surface area contributed by atoms with Crippen molar-refractivity contribution in [2.24, 2.45) is 5.73 Å². The number of hydrogen-bond donors (Lipinski definition) is 4. The van der Waals surface area contributed by atoms with Gasteiger partial charge in [0.1, 0.15) is 11.6 Å². The van der Waals surface area contributed by atoms with Crippen LogP contribution in [0.5, 0.6) is 5.75 Å². The number of carboxylic acid groups (broad SMARTS) is 1. The van der Waals surface area contributed by atoms with Crippen LogP contribution in [-0.4, -0.2) is 47.4 Å². The summed E-state index contributed by atoms with van der Waals surface area (Å²) in [4.78, 5) is 22.4. The largest absolute Gasteiger partial charge is 0.507 e. The van der Waals surface area contributed by atoms with Crippen molar-refractivity contribution in [1.82, 2.24) is 0 Å². The molecule has 0 aliphatic carbocycles. The number of anilines is 2. The van der Waals surface area contributed by atoms with E-state index in [1.165, 1.54) is 19.1 Å². The number of phenols is 1. The third kappa shape index (κ3) is 7.22. The van der Waals surface area contributed by atoms with Gasteiger partial charge in [0.25, 0.3) is 0 Å². The second-order valence-corrected chi connectivity index (χ2v) is 8.76. The Labute approximate surface area is 216 Å². The lowest BCUT2D eigenvalue weighted by atomic mass is 9.96. The number of amides is 1. The van der Waals surface area contributed by atoms with E-state index in [1.54, 1.807) is 12.1 Å². The van der Waals surface area contributed by atoms with Crippen molar-refractivity contribution in [3.63, 3.8) is 0 Å². The number of carbonyl (C=O) groups is 2. The van der Waals surface area contributed by atoms with Crippen molar-refractivity contribution < 1.29 is 37.4 Å². The van der Waals surface area contributed by atoms with Crippen LogP contribution < -0.4 is 16.0 Å². The summed E-state index contributed by atoms with van der Waals surface area (Å²) >= 11 is 0. The molecule has 1 amide bonds. The van der Waals surface area contributed by atoms with Crippen LogP contribution in [0, 0.1) is 5.82 Å². The van der Waals surface area contributed by atoms with Gasteiger partial charge in [-0.25, -0.2) is 9.18 Å². The summed E-state index contributed by atoms with van der Waals surface area (Å²) in [7, 11) is 0. The highest BCUT2D eigenvalue weighted by atomic mass is 19.4. The number of alkyl halides is 3. The van der Waals surface area contributed by atoms with E-state index in [9.17, 15) is 27.5 Å². The van der Waals surface area contributed by atoms with Crippen LogP contribution >= 0.6 is 0 Å². The zero-order chi connectivity index (χ0) is 28.0. The van der Waals surface area contributed by atoms with Crippen molar-refractivity contribution in [2.75, 3.05) is 23.3 Å². The van der Waals surface area contributed by atoms with E-state index in [4.69, 9.17) is 15.6 Å². The number of benzene rings is 3. The maximum absolute atomic E-state index is 14.4. The molecule has 0 radical (unpaired) electrons. The Bertz CT molecular complexity index is 1310. The highest BCUT2D eigenvalue weighted by Crippen LogP contribution is 2.39. The maximum Gasteiger partial charge on any atom is 0.490 e. The molecule has 0 saturated carbocycles. The highest BCUT2D eigenvalue weighted by Gasteiger charge is 2.38. The average molecular weight is 534 g/mol. The van der Waals surface area contributed by atoms with Crippen molar-refractivity contribution in [1.29, 1.82) is 0 Å². The molecule has 38 heavy (non-hydrogen) atoms. The van der Waals surface area contributed by atoms with Crippen molar-refractivity contribution >= 4 is 23.3 Å². The van der Waals surface area contributed by atoms with E-state index >= 15 is 0 Å². The lowest BCUT2D eigenvalue weighted by molar-refractivity contribution is -0.192. The first-order valence-corrected chi connectivity index (χ1v) is 11.7. The topological polar surface area (TPSA) is 116 Å². The lowest BCUT2D eigenvalue weighted by Gasteiger charge is -2.32. The van der Waals surface area contributed by atoms with E-state index < -0.39 is 18.0 Å². The molecule has 0 bridgehead atoms. The quantitative estimate of drug-likeness (QED) is 0.335. The lowest BCUT2D eigenvalue weighted by Crippen LogP contribution is -2.39. The van der Waals surface area contributed by atoms with Gasteiger partial charge in [-0.2, -0.15) is 13.2 Å². The Hall–Kier alpha value is -4.12. The molecule has 0 aromatic heterocycles. The number of nitrogens with two attached hydrogens (primary N) is 1. The number of phenolic OH excluding ortho intramolecular Hbond substituents is 1. The number of rotatable bonds is 4. The number of piperidine rings is 1. The summed E-state index contributed by atoms with van der Waals surface area (Å²) in [6.45, 7) is 3.15. The molecule has 0 atom stereocenters. The fourth-order valence-electron chi connectivity index (χ4n) is 4.01. The first-order valence-electron chi connectivity index (χ1n) is 11.7. The summed E-state index contributed by atoms with van der Waals surface area (Å²) in [5.41, 5.74) is 9.87. The van der Waals surface area contributed by atoms with Gasteiger partial charge in [-0.3, -0.25) is 4.79 Å². The molecule has 1 aliphatic heterocycles. The Morgan fingerprint density at radius 2 is 1.53 bits per heavy atom. The first kappa shape index (κ1) is 28.5. The minimum absolute atomic E-state index is 0.0898. The molecule has 1 saturated heterocycles. The van der Waals surface area contributed by atoms with Crippen molar-refractivity contribution in [3.05, 3.63) is 66.5 Å². The molecule has 0 spiro atoms. The standard InChI is InChI=1S/C25H26FN3O2.C2HF3O2/c1-16(30)28-24-9-8-18(15-23(24)26)22-7-3-6-21(25(22)31)17-4-2-5-20(14-17)29-12-10-19(27)11-13-29;3-2(4,5)1(6)7/h2-9,14-15,19,31H,10-13,27H2,1H3,(H,28,30);(H,6,7). The number of halogens is 4. The van der Waals surface area contributed by atoms with Gasteiger partial charge in [0, 0.05) is 42.9 Å². The van der Waals surface area contributed by atoms with Crippen LogP contribution in [0.1, 0.15) is 19.8 Å². The molecule has 5 N–H and O–H groups in total.